The summed E-state index contributed by atoms with van der Waals surface area (Å²) in [6, 6.07) is 7.60. The number of rotatable bonds is 2. The summed E-state index contributed by atoms with van der Waals surface area (Å²) >= 11 is 6.02. The first kappa shape index (κ1) is 11.2. The lowest BCUT2D eigenvalue weighted by Crippen LogP contribution is -1.96. The average molecular weight is 259 g/mol. The van der Waals surface area contributed by atoms with Crippen molar-refractivity contribution in [2.45, 2.75) is 6.54 Å². The molecular formula is C13H11ClN4. The molecule has 0 radical (unpaired) electrons. The highest BCUT2D eigenvalue weighted by atomic mass is 35.5. The standard InChI is InChI=1S/C13H11ClN4/c14-10-3-1-2-8(4-10)12-11-9(5-15)6-16-13(11)18-7-17-12/h1-4,6-7H,5,15H2,(H,16,17,18). The van der Waals surface area contributed by atoms with Crippen LogP contribution < -0.4 is 5.73 Å². The van der Waals surface area contributed by atoms with Gasteiger partial charge in [-0.3, -0.25) is 0 Å². The van der Waals surface area contributed by atoms with Gasteiger partial charge >= 0.3 is 0 Å². The highest BCUT2D eigenvalue weighted by Gasteiger charge is 2.11. The predicted octanol–water partition coefficient (Wildman–Crippen LogP) is 2.74. The van der Waals surface area contributed by atoms with E-state index in [0.717, 1.165) is 27.9 Å². The fraction of sp³-hybridized carbons (Fsp3) is 0.0769. The highest BCUT2D eigenvalue weighted by Crippen LogP contribution is 2.29. The molecule has 3 rings (SSSR count). The Morgan fingerprint density at radius 2 is 2.17 bits per heavy atom. The van der Waals surface area contributed by atoms with Gasteiger partial charge in [0, 0.05) is 28.7 Å². The summed E-state index contributed by atoms with van der Waals surface area (Å²) in [6.45, 7) is 0.445. The minimum atomic E-state index is 0.445. The molecule has 5 heteroatoms. The van der Waals surface area contributed by atoms with Gasteiger partial charge in [0.2, 0.25) is 0 Å². The Balaban J connectivity index is 2.31. The van der Waals surface area contributed by atoms with Gasteiger partial charge in [-0.1, -0.05) is 23.7 Å². The van der Waals surface area contributed by atoms with Crippen molar-refractivity contribution in [1.82, 2.24) is 15.0 Å². The lowest BCUT2D eigenvalue weighted by Gasteiger charge is -2.04. The topological polar surface area (TPSA) is 67.6 Å². The Bertz CT molecular complexity index is 705. The number of hydrogen-bond donors (Lipinski definition) is 2. The molecule has 0 saturated heterocycles. The van der Waals surface area contributed by atoms with Crippen molar-refractivity contribution in [1.29, 1.82) is 0 Å². The van der Waals surface area contributed by atoms with Crippen molar-refractivity contribution in [3.05, 3.63) is 47.4 Å². The smallest absolute Gasteiger partial charge is 0.141 e. The number of halogens is 1. The zero-order chi connectivity index (χ0) is 12.5. The lowest BCUT2D eigenvalue weighted by molar-refractivity contribution is 1.08. The molecule has 1 aromatic carbocycles. The molecule has 0 fully saturated rings. The monoisotopic (exact) mass is 258 g/mol. The molecule has 0 aliphatic carbocycles. The van der Waals surface area contributed by atoms with Crippen LogP contribution in [0.4, 0.5) is 0 Å². The van der Waals surface area contributed by atoms with Gasteiger partial charge in [-0.25, -0.2) is 9.97 Å². The number of nitrogens with two attached hydrogens (primary N) is 1. The van der Waals surface area contributed by atoms with Crippen LogP contribution in [-0.2, 0) is 6.54 Å². The number of benzene rings is 1. The third kappa shape index (κ3) is 1.75. The van der Waals surface area contributed by atoms with Crippen LogP contribution in [0.1, 0.15) is 5.56 Å². The normalized spacial score (nSPS) is 11.0. The van der Waals surface area contributed by atoms with E-state index in [1.165, 1.54) is 6.33 Å². The van der Waals surface area contributed by atoms with Crippen molar-refractivity contribution in [3.63, 3.8) is 0 Å². The molecule has 2 heterocycles. The van der Waals surface area contributed by atoms with Crippen LogP contribution in [0.3, 0.4) is 0 Å². The fourth-order valence-corrected chi connectivity index (χ4v) is 2.23. The summed E-state index contributed by atoms with van der Waals surface area (Å²) in [4.78, 5) is 11.7. The summed E-state index contributed by atoms with van der Waals surface area (Å²) in [7, 11) is 0. The number of aromatic amines is 1. The minimum absolute atomic E-state index is 0.445. The molecule has 3 aromatic rings. The third-order valence-corrected chi connectivity index (χ3v) is 3.10. The second-order valence-electron chi connectivity index (χ2n) is 3.97. The number of aromatic nitrogens is 3. The molecule has 0 aliphatic heterocycles. The van der Waals surface area contributed by atoms with Gasteiger partial charge in [0.1, 0.15) is 12.0 Å². The van der Waals surface area contributed by atoms with Gasteiger partial charge in [0.15, 0.2) is 0 Å². The lowest BCUT2D eigenvalue weighted by atomic mass is 10.1. The van der Waals surface area contributed by atoms with Crippen LogP contribution in [0.25, 0.3) is 22.3 Å². The first-order chi connectivity index (χ1) is 8.79. The molecule has 0 atom stereocenters. The SMILES string of the molecule is NCc1c[nH]c2ncnc(-c3cccc(Cl)c3)c12. The Morgan fingerprint density at radius 1 is 1.28 bits per heavy atom. The Hall–Kier alpha value is -1.91. The van der Waals surface area contributed by atoms with E-state index in [-0.39, 0.29) is 0 Å². The van der Waals surface area contributed by atoms with Crippen LogP contribution in [-0.4, -0.2) is 15.0 Å². The second-order valence-corrected chi connectivity index (χ2v) is 4.41. The third-order valence-electron chi connectivity index (χ3n) is 2.87. The van der Waals surface area contributed by atoms with Crippen LogP contribution in [0.5, 0.6) is 0 Å². The van der Waals surface area contributed by atoms with Crippen molar-refractivity contribution in [3.8, 4) is 11.3 Å². The fourth-order valence-electron chi connectivity index (χ4n) is 2.04. The van der Waals surface area contributed by atoms with Gasteiger partial charge < -0.3 is 10.7 Å². The Morgan fingerprint density at radius 3 is 2.94 bits per heavy atom. The van der Waals surface area contributed by atoms with Crippen molar-refractivity contribution in [2.75, 3.05) is 0 Å². The molecule has 0 amide bonds. The van der Waals surface area contributed by atoms with E-state index < -0.39 is 0 Å². The second kappa shape index (κ2) is 4.40. The molecule has 0 bridgehead atoms. The van der Waals surface area contributed by atoms with Crippen LogP contribution in [0, 0.1) is 0 Å². The Labute approximate surface area is 109 Å². The van der Waals surface area contributed by atoms with Gasteiger partial charge in [-0.2, -0.15) is 0 Å². The Kier molecular flexibility index (Phi) is 2.74. The summed E-state index contributed by atoms with van der Waals surface area (Å²) in [5.74, 6) is 0. The molecule has 4 nitrogen and oxygen atoms in total. The van der Waals surface area contributed by atoms with Gasteiger partial charge in [0.25, 0.3) is 0 Å². The van der Waals surface area contributed by atoms with Crippen molar-refractivity contribution >= 4 is 22.6 Å². The molecule has 18 heavy (non-hydrogen) atoms. The minimum Gasteiger partial charge on any atom is -0.346 e. The van der Waals surface area contributed by atoms with Crippen LogP contribution in [0.15, 0.2) is 36.8 Å². The maximum atomic E-state index is 6.02. The molecule has 3 N–H and O–H groups in total. The number of fused-ring (bicyclic) bond motifs is 1. The average Bonchev–Trinajstić information content (AvgIpc) is 2.81. The van der Waals surface area contributed by atoms with Crippen LogP contribution >= 0.6 is 11.6 Å². The zero-order valence-electron chi connectivity index (χ0n) is 9.52. The zero-order valence-corrected chi connectivity index (χ0v) is 10.3. The molecular weight excluding hydrogens is 248 g/mol. The van der Waals surface area contributed by atoms with Crippen LogP contribution in [0.2, 0.25) is 5.02 Å². The van der Waals surface area contributed by atoms with Gasteiger partial charge in [0.05, 0.1) is 5.69 Å². The van der Waals surface area contributed by atoms with E-state index in [0.29, 0.717) is 11.6 Å². The number of H-pyrrole nitrogens is 1. The van der Waals surface area contributed by atoms with E-state index in [1.54, 1.807) is 0 Å². The van der Waals surface area contributed by atoms with Crippen molar-refractivity contribution < 1.29 is 0 Å². The summed E-state index contributed by atoms with van der Waals surface area (Å²) in [5.41, 5.74) is 9.34. The molecule has 0 unspecified atom stereocenters. The first-order valence-electron chi connectivity index (χ1n) is 5.56. The quantitative estimate of drug-likeness (QED) is 0.743. The number of nitrogens with zero attached hydrogens (tertiary/aromatic N) is 2. The molecule has 2 aromatic heterocycles. The van der Waals surface area contributed by atoms with Crippen molar-refractivity contribution in [2.24, 2.45) is 5.73 Å². The maximum absolute atomic E-state index is 6.02. The van der Waals surface area contributed by atoms with Gasteiger partial charge in [-0.15, -0.1) is 0 Å². The summed E-state index contributed by atoms with van der Waals surface area (Å²) in [5, 5.41) is 1.64. The largest absolute Gasteiger partial charge is 0.346 e. The van der Waals surface area contributed by atoms with E-state index in [4.69, 9.17) is 17.3 Å². The number of hydrogen-bond acceptors (Lipinski definition) is 3. The maximum Gasteiger partial charge on any atom is 0.141 e. The molecule has 0 saturated carbocycles. The van der Waals surface area contributed by atoms with Gasteiger partial charge in [-0.05, 0) is 17.7 Å². The highest BCUT2D eigenvalue weighted by molar-refractivity contribution is 6.30. The summed E-state index contributed by atoms with van der Waals surface area (Å²) < 4.78 is 0. The van der Waals surface area contributed by atoms with E-state index in [2.05, 4.69) is 15.0 Å². The van der Waals surface area contributed by atoms with E-state index in [9.17, 15) is 0 Å². The van der Waals surface area contributed by atoms with E-state index in [1.807, 2.05) is 30.5 Å². The summed E-state index contributed by atoms with van der Waals surface area (Å²) in [6.07, 6.45) is 3.41. The molecule has 0 aliphatic rings. The first-order valence-corrected chi connectivity index (χ1v) is 5.94. The molecule has 0 spiro atoms. The van der Waals surface area contributed by atoms with E-state index >= 15 is 0 Å². The predicted molar refractivity (Wildman–Crippen MR) is 72.2 cm³/mol. The number of nitrogens with one attached hydrogen (secondary N) is 1. The molecule has 90 valence electrons.